The van der Waals surface area contributed by atoms with E-state index >= 15 is 0 Å². The summed E-state index contributed by atoms with van der Waals surface area (Å²) < 4.78 is 7.68. The summed E-state index contributed by atoms with van der Waals surface area (Å²) in [5.41, 5.74) is 4.42. The first-order valence-corrected chi connectivity index (χ1v) is 10.0. The Kier molecular flexibility index (Phi) is 4.66. The lowest BCUT2D eigenvalue weighted by atomic mass is 10.1. The van der Waals surface area contributed by atoms with Gasteiger partial charge in [-0.2, -0.15) is 10.1 Å². The number of fused-ring (bicyclic) bond motifs is 1. The molecule has 4 heterocycles. The van der Waals surface area contributed by atoms with Gasteiger partial charge in [-0.25, -0.2) is 0 Å². The van der Waals surface area contributed by atoms with Gasteiger partial charge in [0.25, 0.3) is 6.01 Å². The summed E-state index contributed by atoms with van der Waals surface area (Å²) in [5.74, 6) is -0.0271. The second-order valence-electron chi connectivity index (χ2n) is 7.46. The maximum atomic E-state index is 12.9. The van der Waals surface area contributed by atoms with Gasteiger partial charge >= 0.3 is 0 Å². The van der Waals surface area contributed by atoms with Gasteiger partial charge in [-0.1, -0.05) is 12.1 Å². The molecule has 5 rings (SSSR count). The topological polar surface area (TPSA) is 89.1 Å². The SMILES string of the molecule is Cn1nccc1-c1cncc(CNC(=O)[C@@H]2CCCN2c2nc3ccccc3o2)c1. The van der Waals surface area contributed by atoms with Crippen molar-refractivity contribution in [3.05, 3.63) is 60.6 Å². The van der Waals surface area contributed by atoms with Crippen molar-refractivity contribution in [2.45, 2.75) is 25.4 Å². The molecule has 0 aliphatic carbocycles. The summed E-state index contributed by atoms with van der Waals surface area (Å²) in [4.78, 5) is 23.8. The Labute approximate surface area is 173 Å². The minimum absolute atomic E-state index is 0.0271. The Hall–Kier alpha value is -3.68. The Bertz CT molecular complexity index is 1160. The highest BCUT2D eigenvalue weighted by atomic mass is 16.4. The van der Waals surface area contributed by atoms with Crippen LogP contribution >= 0.6 is 0 Å². The van der Waals surface area contributed by atoms with Crippen LogP contribution in [0.3, 0.4) is 0 Å². The maximum Gasteiger partial charge on any atom is 0.299 e. The number of pyridine rings is 1. The van der Waals surface area contributed by atoms with Gasteiger partial charge in [-0.05, 0) is 42.7 Å². The number of amides is 1. The summed E-state index contributed by atoms with van der Waals surface area (Å²) in [6.45, 7) is 1.16. The van der Waals surface area contributed by atoms with Crippen molar-refractivity contribution in [1.82, 2.24) is 25.1 Å². The predicted octanol–water partition coefficient (Wildman–Crippen LogP) is 2.91. The lowest BCUT2D eigenvalue weighted by Crippen LogP contribution is -2.43. The summed E-state index contributed by atoms with van der Waals surface area (Å²) in [6.07, 6.45) is 7.03. The number of oxazole rings is 1. The number of anilines is 1. The minimum atomic E-state index is -0.286. The van der Waals surface area contributed by atoms with Crippen molar-refractivity contribution >= 4 is 23.0 Å². The summed E-state index contributed by atoms with van der Waals surface area (Å²) in [7, 11) is 1.89. The molecular weight excluding hydrogens is 380 g/mol. The number of hydrogen-bond acceptors (Lipinski definition) is 6. The lowest BCUT2D eigenvalue weighted by Gasteiger charge is -2.22. The van der Waals surface area contributed by atoms with Crippen molar-refractivity contribution in [2.75, 3.05) is 11.4 Å². The zero-order chi connectivity index (χ0) is 20.5. The van der Waals surface area contributed by atoms with E-state index in [-0.39, 0.29) is 11.9 Å². The number of nitrogens with one attached hydrogen (secondary N) is 1. The number of benzene rings is 1. The number of carbonyl (C=O) groups excluding carboxylic acids is 1. The van der Waals surface area contributed by atoms with Crippen LogP contribution in [0.2, 0.25) is 0 Å². The predicted molar refractivity (Wildman–Crippen MR) is 113 cm³/mol. The number of aromatic nitrogens is 4. The molecule has 0 spiro atoms. The molecule has 0 radical (unpaired) electrons. The smallest absolute Gasteiger partial charge is 0.299 e. The molecule has 1 aliphatic rings. The van der Waals surface area contributed by atoms with E-state index in [1.54, 1.807) is 23.3 Å². The normalized spacial score (nSPS) is 16.3. The molecule has 1 atom stereocenters. The van der Waals surface area contributed by atoms with Gasteiger partial charge in [0.2, 0.25) is 5.91 Å². The van der Waals surface area contributed by atoms with Gasteiger partial charge in [-0.15, -0.1) is 0 Å². The number of nitrogens with zero attached hydrogens (tertiary/aromatic N) is 5. The third-order valence-electron chi connectivity index (χ3n) is 5.46. The molecule has 1 N–H and O–H groups in total. The lowest BCUT2D eigenvalue weighted by molar-refractivity contribution is -0.122. The maximum absolute atomic E-state index is 12.9. The Morgan fingerprint density at radius 2 is 2.17 bits per heavy atom. The zero-order valence-corrected chi connectivity index (χ0v) is 16.7. The van der Waals surface area contributed by atoms with Crippen LogP contribution in [-0.2, 0) is 18.4 Å². The molecule has 1 saturated heterocycles. The van der Waals surface area contributed by atoms with E-state index in [4.69, 9.17) is 4.42 Å². The molecule has 8 nitrogen and oxygen atoms in total. The van der Waals surface area contributed by atoms with Gasteiger partial charge in [0.15, 0.2) is 5.58 Å². The van der Waals surface area contributed by atoms with E-state index in [1.807, 2.05) is 48.3 Å². The van der Waals surface area contributed by atoms with E-state index < -0.39 is 0 Å². The molecule has 3 aromatic heterocycles. The van der Waals surface area contributed by atoms with Crippen molar-refractivity contribution in [3.63, 3.8) is 0 Å². The van der Waals surface area contributed by atoms with Crippen molar-refractivity contribution in [1.29, 1.82) is 0 Å². The van der Waals surface area contributed by atoms with Crippen LogP contribution in [0.25, 0.3) is 22.4 Å². The van der Waals surface area contributed by atoms with Gasteiger partial charge in [0.1, 0.15) is 11.6 Å². The van der Waals surface area contributed by atoms with Crippen LogP contribution in [0.4, 0.5) is 6.01 Å². The standard InChI is InChI=1S/C22H22N6O2/c1-27-18(8-9-25-27)16-11-15(12-23-14-16)13-24-21(29)19-6-4-10-28(19)22-26-17-5-2-3-7-20(17)30-22/h2-3,5,7-9,11-12,14,19H,4,6,10,13H2,1H3,(H,24,29)/t19-/m0/s1. The van der Waals surface area contributed by atoms with Crippen LogP contribution in [-0.4, -0.2) is 38.2 Å². The molecule has 1 aromatic carbocycles. The Balaban J connectivity index is 1.29. The third kappa shape index (κ3) is 3.41. The van der Waals surface area contributed by atoms with E-state index in [1.165, 1.54) is 0 Å². The zero-order valence-electron chi connectivity index (χ0n) is 16.7. The van der Waals surface area contributed by atoms with E-state index in [9.17, 15) is 4.79 Å². The van der Waals surface area contributed by atoms with E-state index in [0.717, 1.165) is 47.3 Å². The first kappa shape index (κ1) is 18.4. The summed E-state index contributed by atoms with van der Waals surface area (Å²) >= 11 is 0. The number of para-hydroxylation sites is 2. The number of rotatable bonds is 5. The molecule has 152 valence electrons. The van der Waals surface area contributed by atoms with Crippen LogP contribution in [0.15, 0.2) is 59.4 Å². The highest BCUT2D eigenvalue weighted by Gasteiger charge is 2.33. The summed E-state index contributed by atoms with van der Waals surface area (Å²) in [5, 5.41) is 7.25. The van der Waals surface area contributed by atoms with Gasteiger partial charge < -0.3 is 14.6 Å². The molecular formula is C22H22N6O2. The molecule has 0 saturated carbocycles. The van der Waals surface area contributed by atoms with Crippen LogP contribution in [0, 0.1) is 0 Å². The number of carbonyl (C=O) groups is 1. The second kappa shape index (κ2) is 7.62. The third-order valence-corrected chi connectivity index (χ3v) is 5.46. The fourth-order valence-corrected chi connectivity index (χ4v) is 3.94. The van der Waals surface area contributed by atoms with E-state index in [0.29, 0.717) is 12.6 Å². The van der Waals surface area contributed by atoms with Gasteiger partial charge in [-0.3, -0.25) is 14.5 Å². The van der Waals surface area contributed by atoms with E-state index in [2.05, 4.69) is 20.4 Å². The fraction of sp³-hybridized carbons (Fsp3) is 0.273. The quantitative estimate of drug-likeness (QED) is 0.552. The van der Waals surface area contributed by atoms with Gasteiger partial charge in [0.05, 0.1) is 5.69 Å². The molecule has 30 heavy (non-hydrogen) atoms. The Morgan fingerprint density at radius 3 is 3.00 bits per heavy atom. The number of hydrogen-bond donors (Lipinski definition) is 1. The molecule has 8 heteroatoms. The van der Waals surface area contributed by atoms with Crippen LogP contribution < -0.4 is 10.2 Å². The largest absolute Gasteiger partial charge is 0.423 e. The monoisotopic (exact) mass is 402 g/mol. The highest BCUT2D eigenvalue weighted by Crippen LogP contribution is 2.28. The average molecular weight is 402 g/mol. The van der Waals surface area contributed by atoms with Crippen molar-refractivity contribution < 1.29 is 9.21 Å². The van der Waals surface area contributed by atoms with Crippen LogP contribution in [0.1, 0.15) is 18.4 Å². The molecule has 0 unspecified atom stereocenters. The molecule has 4 aromatic rings. The second-order valence-corrected chi connectivity index (χ2v) is 7.46. The fourth-order valence-electron chi connectivity index (χ4n) is 3.94. The minimum Gasteiger partial charge on any atom is -0.423 e. The molecule has 1 amide bonds. The highest BCUT2D eigenvalue weighted by molar-refractivity contribution is 5.85. The average Bonchev–Trinajstić information content (AvgIpc) is 3.50. The first-order valence-electron chi connectivity index (χ1n) is 10.0. The molecule has 1 aliphatic heterocycles. The molecule has 1 fully saturated rings. The number of aryl methyl sites for hydroxylation is 1. The molecule has 0 bridgehead atoms. The van der Waals surface area contributed by atoms with Crippen LogP contribution in [0.5, 0.6) is 0 Å². The van der Waals surface area contributed by atoms with Gasteiger partial charge in [0, 0.05) is 44.3 Å². The summed E-state index contributed by atoms with van der Waals surface area (Å²) in [6, 6.07) is 11.8. The van der Waals surface area contributed by atoms with Crippen molar-refractivity contribution in [3.8, 4) is 11.3 Å². The first-order chi connectivity index (χ1) is 14.7. The Morgan fingerprint density at radius 1 is 1.27 bits per heavy atom. The van der Waals surface area contributed by atoms with Crippen molar-refractivity contribution in [2.24, 2.45) is 7.05 Å².